The van der Waals surface area contributed by atoms with Gasteiger partial charge in [-0.25, -0.2) is 4.39 Å². The molecule has 0 aromatic carbocycles. The van der Waals surface area contributed by atoms with Crippen molar-refractivity contribution in [1.29, 1.82) is 0 Å². The largest absolute Gasteiger partial charge is 0.325 e. The van der Waals surface area contributed by atoms with Gasteiger partial charge in [-0.1, -0.05) is 6.92 Å². The fraction of sp³-hybridized carbons (Fsp3) is 1.00. The molecule has 0 aliphatic carbocycles. The number of likely N-dealkylation sites (tertiary alicyclic amines) is 2. The molecule has 2 aliphatic heterocycles. The van der Waals surface area contributed by atoms with Gasteiger partial charge in [0, 0.05) is 12.6 Å². The Kier molecular flexibility index (Phi) is 3.59. The molecule has 2 aliphatic rings. The molecule has 88 valence electrons. The van der Waals surface area contributed by atoms with Crippen molar-refractivity contribution in [2.75, 3.05) is 19.6 Å². The number of halogens is 1. The van der Waals surface area contributed by atoms with E-state index in [0.29, 0.717) is 6.42 Å². The lowest BCUT2D eigenvalue weighted by Gasteiger charge is -2.44. The first-order valence-electron chi connectivity index (χ1n) is 6.13. The van der Waals surface area contributed by atoms with Gasteiger partial charge in [-0.05, 0) is 38.8 Å². The van der Waals surface area contributed by atoms with Gasteiger partial charge in [0.25, 0.3) is 0 Å². The topological polar surface area (TPSA) is 32.5 Å². The van der Waals surface area contributed by atoms with Crippen molar-refractivity contribution in [3.8, 4) is 0 Å². The molecule has 0 radical (unpaired) electrons. The maximum Gasteiger partial charge on any atom is 0.154 e. The zero-order valence-corrected chi connectivity index (χ0v) is 9.53. The Morgan fingerprint density at radius 3 is 2.60 bits per heavy atom. The normalized spacial score (nSPS) is 39.8. The summed E-state index contributed by atoms with van der Waals surface area (Å²) >= 11 is 0. The van der Waals surface area contributed by atoms with E-state index in [1.165, 1.54) is 0 Å². The van der Waals surface area contributed by atoms with Crippen molar-refractivity contribution in [1.82, 2.24) is 9.80 Å². The fourth-order valence-electron chi connectivity index (χ4n) is 2.93. The van der Waals surface area contributed by atoms with Crippen LogP contribution >= 0.6 is 0 Å². The van der Waals surface area contributed by atoms with Gasteiger partial charge in [0.15, 0.2) is 6.30 Å². The minimum absolute atomic E-state index is 0.120. The lowest BCUT2D eigenvalue weighted by molar-refractivity contribution is -0.0382. The Morgan fingerprint density at radius 1 is 1.27 bits per heavy atom. The van der Waals surface area contributed by atoms with Gasteiger partial charge in [-0.3, -0.25) is 9.80 Å². The summed E-state index contributed by atoms with van der Waals surface area (Å²) in [5.41, 5.74) is 6.14. The monoisotopic (exact) mass is 215 g/mol. The van der Waals surface area contributed by atoms with Crippen LogP contribution in [-0.4, -0.2) is 47.9 Å². The SMILES string of the molecule is CCN1CCCC(N)C1N1CCCC1F. The first-order valence-corrected chi connectivity index (χ1v) is 6.13. The van der Waals surface area contributed by atoms with Crippen LogP contribution in [0.2, 0.25) is 0 Å². The highest BCUT2D eigenvalue weighted by Crippen LogP contribution is 2.27. The van der Waals surface area contributed by atoms with Gasteiger partial charge in [0.05, 0.1) is 6.17 Å². The number of likely N-dealkylation sites (N-methyl/N-ethyl adjacent to an activating group) is 1. The highest BCUT2D eigenvalue weighted by molar-refractivity contribution is 4.89. The number of nitrogens with two attached hydrogens (primary N) is 1. The van der Waals surface area contributed by atoms with Crippen molar-refractivity contribution in [2.24, 2.45) is 5.73 Å². The Morgan fingerprint density at radius 2 is 2.00 bits per heavy atom. The summed E-state index contributed by atoms with van der Waals surface area (Å²) in [5, 5.41) is 0. The van der Waals surface area contributed by atoms with Crippen LogP contribution in [0.4, 0.5) is 4.39 Å². The molecule has 3 atom stereocenters. The van der Waals surface area contributed by atoms with Gasteiger partial charge >= 0.3 is 0 Å². The average molecular weight is 215 g/mol. The maximum atomic E-state index is 13.7. The molecule has 0 saturated carbocycles. The van der Waals surface area contributed by atoms with Gasteiger partial charge in [0.2, 0.25) is 0 Å². The van der Waals surface area contributed by atoms with E-state index in [0.717, 1.165) is 38.9 Å². The van der Waals surface area contributed by atoms with Crippen LogP contribution in [-0.2, 0) is 0 Å². The number of rotatable bonds is 2. The third kappa shape index (κ3) is 2.17. The predicted octanol–water partition coefficient (Wildman–Crippen LogP) is 1.15. The maximum absolute atomic E-state index is 13.7. The molecular formula is C11H22FN3. The number of nitrogens with zero attached hydrogens (tertiary/aromatic N) is 2. The summed E-state index contributed by atoms with van der Waals surface area (Å²) in [5.74, 6) is 0. The first-order chi connectivity index (χ1) is 7.24. The van der Waals surface area contributed by atoms with Gasteiger partial charge in [-0.2, -0.15) is 0 Å². The summed E-state index contributed by atoms with van der Waals surface area (Å²) in [6.07, 6.45) is 3.21. The molecule has 3 nitrogen and oxygen atoms in total. The molecule has 3 unspecified atom stereocenters. The van der Waals surface area contributed by atoms with Crippen LogP contribution in [0.25, 0.3) is 0 Å². The Balaban J connectivity index is 2.07. The highest BCUT2D eigenvalue weighted by Gasteiger charge is 2.38. The molecular weight excluding hydrogens is 193 g/mol. The van der Waals surface area contributed by atoms with Crippen LogP contribution in [0.1, 0.15) is 32.6 Å². The average Bonchev–Trinajstić information content (AvgIpc) is 2.64. The molecule has 0 spiro atoms. The number of hydrogen-bond acceptors (Lipinski definition) is 3. The van der Waals surface area contributed by atoms with Gasteiger partial charge in [0.1, 0.15) is 0 Å². The Hall–Kier alpha value is -0.190. The summed E-state index contributed by atoms with van der Waals surface area (Å²) < 4.78 is 13.7. The second kappa shape index (κ2) is 4.76. The smallest absolute Gasteiger partial charge is 0.154 e. The summed E-state index contributed by atoms with van der Waals surface area (Å²) in [4.78, 5) is 4.29. The lowest BCUT2D eigenvalue weighted by Crippen LogP contribution is -2.61. The first kappa shape index (κ1) is 11.3. The minimum atomic E-state index is -0.770. The van der Waals surface area contributed by atoms with Crippen LogP contribution in [0.15, 0.2) is 0 Å². The molecule has 0 aromatic rings. The Labute approximate surface area is 91.4 Å². The molecule has 2 fully saturated rings. The third-order valence-corrected chi connectivity index (χ3v) is 3.70. The van der Waals surface area contributed by atoms with Crippen LogP contribution in [0.3, 0.4) is 0 Å². The molecule has 4 heteroatoms. The highest BCUT2D eigenvalue weighted by atomic mass is 19.1. The Bertz CT molecular complexity index is 212. The van der Waals surface area contributed by atoms with E-state index in [1.54, 1.807) is 0 Å². The number of alkyl halides is 1. The molecule has 2 heterocycles. The van der Waals surface area contributed by atoms with Crippen molar-refractivity contribution >= 4 is 0 Å². The van der Waals surface area contributed by atoms with E-state index in [1.807, 2.05) is 4.90 Å². The van der Waals surface area contributed by atoms with E-state index in [2.05, 4.69) is 11.8 Å². The quantitative estimate of drug-likeness (QED) is 0.701. The summed E-state index contributed by atoms with van der Waals surface area (Å²) in [6, 6.07) is 0.120. The predicted molar refractivity (Wildman–Crippen MR) is 59.1 cm³/mol. The minimum Gasteiger partial charge on any atom is -0.325 e. The van der Waals surface area contributed by atoms with Crippen LogP contribution in [0, 0.1) is 0 Å². The zero-order chi connectivity index (χ0) is 10.8. The second-order valence-corrected chi connectivity index (χ2v) is 4.66. The summed E-state index contributed by atoms with van der Waals surface area (Å²) in [6.45, 7) is 5.05. The number of hydrogen-bond donors (Lipinski definition) is 1. The van der Waals surface area contributed by atoms with Crippen molar-refractivity contribution < 1.29 is 4.39 Å². The van der Waals surface area contributed by atoms with E-state index >= 15 is 0 Å². The molecule has 0 bridgehead atoms. The number of piperidine rings is 1. The van der Waals surface area contributed by atoms with Crippen LogP contribution in [0.5, 0.6) is 0 Å². The van der Waals surface area contributed by atoms with Gasteiger partial charge in [-0.15, -0.1) is 0 Å². The van der Waals surface area contributed by atoms with E-state index in [9.17, 15) is 4.39 Å². The van der Waals surface area contributed by atoms with Crippen molar-refractivity contribution in [3.05, 3.63) is 0 Å². The second-order valence-electron chi connectivity index (χ2n) is 4.66. The lowest BCUT2D eigenvalue weighted by atomic mass is 10.0. The van der Waals surface area contributed by atoms with Gasteiger partial charge < -0.3 is 5.73 Å². The molecule has 0 amide bonds. The van der Waals surface area contributed by atoms with E-state index < -0.39 is 6.30 Å². The molecule has 0 aromatic heterocycles. The van der Waals surface area contributed by atoms with E-state index in [4.69, 9.17) is 5.73 Å². The summed E-state index contributed by atoms with van der Waals surface area (Å²) in [7, 11) is 0. The van der Waals surface area contributed by atoms with Crippen LogP contribution < -0.4 is 5.73 Å². The fourth-order valence-corrected chi connectivity index (χ4v) is 2.93. The zero-order valence-electron chi connectivity index (χ0n) is 9.53. The third-order valence-electron chi connectivity index (χ3n) is 3.70. The molecule has 15 heavy (non-hydrogen) atoms. The standard InChI is InChI=1S/C11H22FN3/c1-2-14-7-3-5-9(13)11(14)15-8-4-6-10(15)12/h9-11H,2-8,13H2,1H3. The van der Waals surface area contributed by atoms with E-state index in [-0.39, 0.29) is 12.2 Å². The van der Waals surface area contributed by atoms with Crippen molar-refractivity contribution in [3.63, 3.8) is 0 Å². The molecule has 2 rings (SSSR count). The van der Waals surface area contributed by atoms with Crippen molar-refractivity contribution in [2.45, 2.75) is 51.1 Å². The molecule has 2 saturated heterocycles. The molecule has 2 N–H and O–H groups in total.